The molecule has 5 heteroatoms. The van der Waals surface area contributed by atoms with Crippen molar-refractivity contribution in [1.82, 2.24) is 24.6 Å². The summed E-state index contributed by atoms with van der Waals surface area (Å²) in [5.74, 6) is 0.858. The Labute approximate surface area is 85.8 Å². The molecule has 0 atom stereocenters. The Kier molecular flexibility index (Phi) is 1.58. The van der Waals surface area contributed by atoms with Crippen LogP contribution in [0.2, 0.25) is 0 Å². The molecule has 0 aliphatic carbocycles. The number of nitrogens with zero attached hydrogens (tertiary/aromatic N) is 4. The van der Waals surface area contributed by atoms with Gasteiger partial charge in [0.1, 0.15) is 11.5 Å². The molecule has 0 aliphatic heterocycles. The van der Waals surface area contributed by atoms with E-state index in [0.717, 1.165) is 22.7 Å². The van der Waals surface area contributed by atoms with Crippen LogP contribution in [0.3, 0.4) is 0 Å². The second-order valence-corrected chi connectivity index (χ2v) is 3.36. The quantitative estimate of drug-likeness (QED) is 0.645. The molecule has 0 unspecified atom stereocenters. The zero-order chi connectivity index (χ0) is 10.3. The molecule has 0 aliphatic rings. The van der Waals surface area contributed by atoms with E-state index < -0.39 is 0 Å². The number of hydrogen-bond acceptors (Lipinski definition) is 3. The number of aryl methyl sites for hydroxylation is 1. The fourth-order valence-corrected chi connectivity index (χ4v) is 1.62. The first kappa shape index (κ1) is 8.16. The van der Waals surface area contributed by atoms with Gasteiger partial charge in [0.15, 0.2) is 0 Å². The van der Waals surface area contributed by atoms with Crippen molar-refractivity contribution in [3.8, 4) is 11.4 Å². The highest BCUT2D eigenvalue weighted by molar-refractivity contribution is 5.58. The summed E-state index contributed by atoms with van der Waals surface area (Å²) in [6.45, 7) is 1.96. The standard InChI is InChI=1S/C10H9N5/c1-7-4-9-11-2-3-15(9)10(14-7)8-5-12-13-6-8/h2-6H,1H3,(H,12,13). The van der Waals surface area contributed by atoms with Crippen LogP contribution >= 0.6 is 0 Å². The number of imidazole rings is 1. The fourth-order valence-electron chi connectivity index (χ4n) is 1.62. The van der Waals surface area contributed by atoms with Crippen molar-refractivity contribution in [1.29, 1.82) is 0 Å². The summed E-state index contributed by atoms with van der Waals surface area (Å²) in [5, 5.41) is 6.70. The van der Waals surface area contributed by atoms with E-state index in [-0.39, 0.29) is 0 Å². The molecular formula is C10H9N5. The third-order valence-corrected chi connectivity index (χ3v) is 2.27. The van der Waals surface area contributed by atoms with Gasteiger partial charge in [0, 0.05) is 30.4 Å². The first-order valence-corrected chi connectivity index (χ1v) is 4.64. The maximum Gasteiger partial charge on any atom is 0.149 e. The highest BCUT2D eigenvalue weighted by Gasteiger charge is 2.07. The molecule has 3 rings (SSSR count). The zero-order valence-corrected chi connectivity index (χ0v) is 8.18. The van der Waals surface area contributed by atoms with Gasteiger partial charge in [-0.1, -0.05) is 0 Å². The maximum absolute atomic E-state index is 4.48. The van der Waals surface area contributed by atoms with E-state index in [1.165, 1.54) is 0 Å². The summed E-state index contributed by atoms with van der Waals surface area (Å²) in [5.41, 5.74) is 2.81. The topological polar surface area (TPSA) is 58.9 Å². The molecule has 15 heavy (non-hydrogen) atoms. The summed E-state index contributed by atoms with van der Waals surface area (Å²) in [6, 6.07) is 1.95. The lowest BCUT2D eigenvalue weighted by Gasteiger charge is -2.02. The molecule has 3 aromatic rings. The van der Waals surface area contributed by atoms with Gasteiger partial charge in [-0.25, -0.2) is 9.97 Å². The predicted octanol–water partition coefficient (Wildman–Crippen LogP) is 1.43. The minimum atomic E-state index is 0.858. The van der Waals surface area contributed by atoms with Crippen molar-refractivity contribution >= 4 is 5.65 Å². The average Bonchev–Trinajstić information content (AvgIpc) is 2.86. The van der Waals surface area contributed by atoms with Crippen LogP contribution in [0.15, 0.2) is 30.9 Å². The lowest BCUT2D eigenvalue weighted by molar-refractivity contribution is 1.06. The van der Waals surface area contributed by atoms with E-state index in [4.69, 9.17) is 0 Å². The molecule has 0 fully saturated rings. The maximum atomic E-state index is 4.48. The number of rotatable bonds is 1. The number of H-pyrrole nitrogens is 1. The first-order valence-electron chi connectivity index (χ1n) is 4.64. The smallest absolute Gasteiger partial charge is 0.149 e. The van der Waals surface area contributed by atoms with E-state index in [0.29, 0.717) is 0 Å². The van der Waals surface area contributed by atoms with Crippen molar-refractivity contribution in [2.75, 3.05) is 0 Å². The van der Waals surface area contributed by atoms with Crippen LogP contribution < -0.4 is 0 Å². The molecule has 0 radical (unpaired) electrons. The van der Waals surface area contributed by atoms with Gasteiger partial charge in [-0.3, -0.25) is 9.50 Å². The molecule has 0 saturated carbocycles. The van der Waals surface area contributed by atoms with Crippen LogP contribution in [0.4, 0.5) is 0 Å². The Morgan fingerprint density at radius 2 is 2.33 bits per heavy atom. The van der Waals surface area contributed by atoms with Crippen molar-refractivity contribution < 1.29 is 0 Å². The average molecular weight is 199 g/mol. The summed E-state index contributed by atoms with van der Waals surface area (Å²) in [7, 11) is 0. The van der Waals surface area contributed by atoms with Crippen LogP contribution in [-0.2, 0) is 0 Å². The molecule has 0 aromatic carbocycles. The number of aromatic nitrogens is 5. The number of hydrogen-bond donors (Lipinski definition) is 1. The SMILES string of the molecule is Cc1cc2nccn2c(-c2cn[nH]c2)n1. The Hall–Kier alpha value is -2.17. The normalized spacial score (nSPS) is 11.0. The second kappa shape index (κ2) is 2.91. The van der Waals surface area contributed by atoms with Crippen LogP contribution in [0.25, 0.3) is 17.0 Å². The van der Waals surface area contributed by atoms with E-state index in [9.17, 15) is 0 Å². The monoisotopic (exact) mass is 199 g/mol. The van der Waals surface area contributed by atoms with Crippen LogP contribution in [0.5, 0.6) is 0 Å². The third-order valence-electron chi connectivity index (χ3n) is 2.27. The lowest BCUT2D eigenvalue weighted by Crippen LogP contribution is -1.96. The van der Waals surface area contributed by atoms with Gasteiger partial charge < -0.3 is 0 Å². The van der Waals surface area contributed by atoms with Crippen LogP contribution in [-0.4, -0.2) is 24.6 Å². The van der Waals surface area contributed by atoms with Gasteiger partial charge in [-0.05, 0) is 6.92 Å². The molecule has 5 nitrogen and oxygen atoms in total. The molecule has 1 N–H and O–H groups in total. The fraction of sp³-hybridized carbons (Fsp3) is 0.100. The molecule has 74 valence electrons. The Balaban J connectivity index is 2.38. The first-order chi connectivity index (χ1) is 7.34. The van der Waals surface area contributed by atoms with E-state index >= 15 is 0 Å². The summed E-state index contributed by atoms with van der Waals surface area (Å²) < 4.78 is 1.94. The highest BCUT2D eigenvalue weighted by Crippen LogP contribution is 2.17. The summed E-state index contributed by atoms with van der Waals surface area (Å²) in [4.78, 5) is 8.72. The van der Waals surface area contributed by atoms with Gasteiger partial charge in [0.2, 0.25) is 0 Å². The minimum absolute atomic E-state index is 0.858. The van der Waals surface area contributed by atoms with Gasteiger partial charge in [-0.2, -0.15) is 5.10 Å². The van der Waals surface area contributed by atoms with Crippen molar-refractivity contribution in [2.45, 2.75) is 6.92 Å². The predicted molar refractivity (Wildman–Crippen MR) is 55.3 cm³/mol. The van der Waals surface area contributed by atoms with Crippen LogP contribution in [0.1, 0.15) is 5.69 Å². The Bertz CT molecular complexity index is 593. The minimum Gasteiger partial charge on any atom is -0.285 e. The molecule has 3 heterocycles. The molecular weight excluding hydrogens is 190 g/mol. The van der Waals surface area contributed by atoms with E-state index in [2.05, 4.69) is 20.2 Å². The lowest BCUT2D eigenvalue weighted by atomic mass is 10.3. The summed E-state index contributed by atoms with van der Waals surface area (Å²) in [6.07, 6.45) is 7.23. The molecule has 0 spiro atoms. The van der Waals surface area contributed by atoms with Crippen molar-refractivity contribution in [3.05, 3.63) is 36.5 Å². The van der Waals surface area contributed by atoms with E-state index in [1.807, 2.05) is 29.8 Å². The van der Waals surface area contributed by atoms with Crippen molar-refractivity contribution in [3.63, 3.8) is 0 Å². The summed E-state index contributed by atoms with van der Waals surface area (Å²) >= 11 is 0. The number of nitrogens with one attached hydrogen (secondary N) is 1. The van der Waals surface area contributed by atoms with Gasteiger partial charge >= 0.3 is 0 Å². The molecule has 3 aromatic heterocycles. The van der Waals surface area contributed by atoms with Crippen LogP contribution in [0, 0.1) is 6.92 Å². The molecule has 0 bridgehead atoms. The highest BCUT2D eigenvalue weighted by atomic mass is 15.1. The van der Waals surface area contributed by atoms with Gasteiger partial charge in [-0.15, -0.1) is 0 Å². The van der Waals surface area contributed by atoms with E-state index in [1.54, 1.807) is 12.4 Å². The molecule has 0 amide bonds. The third kappa shape index (κ3) is 1.20. The Morgan fingerprint density at radius 3 is 3.13 bits per heavy atom. The van der Waals surface area contributed by atoms with Crippen molar-refractivity contribution in [2.24, 2.45) is 0 Å². The Morgan fingerprint density at radius 1 is 1.40 bits per heavy atom. The molecule has 0 saturated heterocycles. The number of aromatic amines is 1. The zero-order valence-electron chi connectivity index (χ0n) is 8.18. The largest absolute Gasteiger partial charge is 0.285 e. The number of fused-ring (bicyclic) bond motifs is 1. The van der Waals surface area contributed by atoms with Gasteiger partial charge in [0.05, 0.1) is 11.8 Å². The van der Waals surface area contributed by atoms with Gasteiger partial charge in [0.25, 0.3) is 0 Å². The second-order valence-electron chi connectivity index (χ2n) is 3.36.